The van der Waals surface area contributed by atoms with Gasteiger partial charge in [-0.15, -0.1) is 0 Å². The van der Waals surface area contributed by atoms with Crippen molar-refractivity contribution in [2.75, 3.05) is 5.32 Å². The number of hydrogen-bond acceptors (Lipinski definition) is 4. The molecule has 0 spiro atoms. The number of anilines is 1. The highest BCUT2D eigenvalue weighted by molar-refractivity contribution is 6.36. The fourth-order valence-electron chi connectivity index (χ4n) is 3.05. The van der Waals surface area contributed by atoms with Gasteiger partial charge in [-0.05, 0) is 54.8 Å². The summed E-state index contributed by atoms with van der Waals surface area (Å²) >= 11 is 12.0. The Morgan fingerprint density at radius 1 is 1.10 bits per heavy atom. The monoisotopic (exact) mass is 459 g/mol. The van der Waals surface area contributed by atoms with Crippen LogP contribution in [0.2, 0.25) is 10.0 Å². The molecule has 0 aliphatic heterocycles. The van der Waals surface area contributed by atoms with E-state index in [1.54, 1.807) is 31.3 Å². The highest BCUT2D eigenvalue weighted by Gasteiger charge is 2.24. The van der Waals surface area contributed by atoms with Gasteiger partial charge in [0.2, 0.25) is 5.91 Å². The summed E-state index contributed by atoms with van der Waals surface area (Å²) in [6.07, 6.45) is 2.12. The van der Waals surface area contributed by atoms with Crippen LogP contribution in [-0.4, -0.2) is 22.8 Å². The van der Waals surface area contributed by atoms with E-state index in [0.29, 0.717) is 28.8 Å². The summed E-state index contributed by atoms with van der Waals surface area (Å²) in [5.41, 5.74) is 1.72. The van der Waals surface area contributed by atoms with E-state index in [1.807, 2.05) is 26.0 Å². The summed E-state index contributed by atoms with van der Waals surface area (Å²) in [5.74, 6) is 0.684. The van der Waals surface area contributed by atoms with Crippen LogP contribution in [0.3, 0.4) is 0 Å². The van der Waals surface area contributed by atoms with Crippen LogP contribution in [0, 0.1) is 12.8 Å². The van der Waals surface area contributed by atoms with Crippen molar-refractivity contribution in [2.45, 2.75) is 33.2 Å². The zero-order chi connectivity index (χ0) is 22.5. The van der Waals surface area contributed by atoms with Gasteiger partial charge in [0.25, 0.3) is 5.91 Å². The predicted molar refractivity (Wildman–Crippen MR) is 122 cm³/mol. The molecule has 0 aliphatic rings. The summed E-state index contributed by atoms with van der Waals surface area (Å²) in [6.45, 7) is 5.74. The molecule has 31 heavy (non-hydrogen) atoms. The van der Waals surface area contributed by atoms with Gasteiger partial charge in [0.1, 0.15) is 6.04 Å². The Morgan fingerprint density at radius 3 is 2.39 bits per heavy atom. The molecule has 0 saturated heterocycles. The van der Waals surface area contributed by atoms with Crippen LogP contribution in [0.1, 0.15) is 36.5 Å². The number of benzene rings is 2. The number of nitrogens with one attached hydrogen (secondary N) is 2. The number of aromatic nitrogens is 1. The second kappa shape index (κ2) is 9.98. The summed E-state index contributed by atoms with van der Waals surface area (Å²) in [7, 11) is 0. The number of amides is 2. The molecule has 0 unspecified atom stereocenters. The molecular formula is C23H23Cl2N3O3. The predicted octanol–water partition coefficient (Wildman–Crippen LogP) is 5.74. The molecule has 0 fully saturated rings. The Kier molecular flexibility index (Phi) is 7.36. The van der Waals surface area contributed by atoms with Crippen molar-refractivity contribution in [3.8, 4) is 11.3 Å². The Bertz CT molecular complexity index is 1080. The second-order valence-electron chi connectivity index (χ2n) is 7.59. The Morgan fingerprint density at radius 2 is 1.81 bits per heavy atom. The SMILES string of the molecule is Cc1ncc(-c2ccc(NC(=O)[C@H](CC(C)C)NC(=O)c3ccc(Cl)cc3Cl)cc2)o1. The van der Waals surface area contributed by atoms with E-state index >= 15 is 0 Å². The molecule has 2 N–H and O–H groups in total. The molecule has 6 nitrogen and oxygen atoms in total. The fourth-order valence-corrected chi connectivity index (χ4v) is 3.55. The molecule has 3 rings (SSSR count). The maximum atomic E-state index is 12.9. The molecule has 8 heteroatoms. The van der Waals surface area contributed by atoms with Crippen molar-refractivity contribution in [3.05, 3.63) is 70.2 Å². The zero-order valence-electron chi connectivity index (χ0n) is 17.4. The lowest BCUT2D eigenvalue weighted by Gasteiger charge is -2.20. The summed E-state index contributed by atoms with van der Waals surface area (Å²) in [6, 6.07) is 11.1. The average molecular weight is 460 g/mol. The highest BCUT2D eigenvalue weighted by Crippen LogP contribution is 2.23. The van der Waals surface area contributed by atoms with Crippen LogP contribution < -0.4 is 10.6 Å². The molecular weight excluding hydrogens is 437 g/mol. The lowest BCUT2D eigenvalue weighted by atomic mass is 10.0. The van der Waals surface area contributed by atoms with Crippen LogP contribution in [0.5, 0.6) is 0 Å². The molecule has 3 aromatic rings. The third-order valence-corrected chi connectivity index (χ3v) is 5.11. The van der Waals surface area contributed by atoms with E-state index in [1.165, 1.54) is 12.1 Å². The molecule has 162 valence electrons. The number of nitrogens with zero attached hydrogens (tertiary/aromatic N) is 1. The first-order valence-electron chi connectivity index (χ1n) is 9.82. The first-order valence-corrected chi connectivity index (χ1v) is 10.6. The van der Waals surface area contributed by atoms with Crippen LogP contribution in [0.15, 0.2) is 53.1 Å². The van der Waals surface area contributed by atoms with Gasteiger partial charge in [0, 0.05) is 23.2 Å². The lowest BCUT2D eigenvalue weighted by molar-refractivity contribution is -0.118. The molecule has 0 aliphatic carbocycles. The minimum atomic E-state index is -0.726. The van der Waals surface area contributed by atoms with Crippen molar-refractivity contribution in [1.82, 2.24) is 10.3 Å². The van der Waals surface area contributed by atoms with Crippen molar-refractivity contribution in [2.24, 2.45) is 5.92 Å². The number of halogens is 2. The normalized spacial score (nSPS) is 11.9. The van der Waals surface area contributed by atoms with E-state index in [9.17, 15) is 9.59 Å². The highest BCUT2D eigenvalue weighted by atomic mass is 35.5. The topological polar surface area (TPSA) is 84.2 Å². The number of oxazole rings is 1. The minimum absolute atomic E-state index is 0.189. The fraction of sp³-hybridized carbons (Fsp3) is 0.261. The third-order valence-electron chi connectivity index (χ3n) is 4.56. The van der Waals surface area contributed by atoms with Gasteiger partial charge in [0.05, 0.1) is 16.8 Å². The molecule has 1 heterocycles. The summed E-state index contributed by atoms with van der Waals surface area (Å²) in [5, 5.41) is 6.30. The standard InChI is InChI=1S/C23H23Cl2N3O3/c1-13(2)10-20(28-22(29)18-9-6-16(24)11-19(18)25)23(30)27-17-7-4-15(5-8-17)21-12-26-14(3)31-21/h4-9,11-13,20H,10H2,1-3H3,(H,27,30)(H,28,29)/t20-/m0/s1. The maximum Gasteiger partial charge on any atom is 0.253 e. The molecule has 0 radical (unpaired) electrons. The second-order valence-corrected chi connectivity index (χ2v) is 8.43. The van der Waals surface area contributed by atoms with Crippen molar-refractivity contribution in [3.63, 3.8) is 0 Å². The van der Waals surface area contributed by atoms with Crippen molar-refractivity contribution >= 4 is 40.7 Å². The van der Waals surface area contributed by atoms with Gasteiger partial charge in [-0.3, -0.25) is 9.59 Å². The number of aryl methyl sites for hydroxylation is 1. The lowest BCUT2D eigenvalue weighted by Crippen LogP contribution is -2.44. The van der Waals surface area contributed by atoms with E-state index in [4.69, 9.17) is 27.6 Å². The number of hydrogen-bond donors (Lipinski definition) is 2. The molecule has 0 saturated carbocycles. The minimum Gasteiger partial charge on any atom is -0.441 e. The van der Waals surface area contributed by atoms with E-state index in [2.05, 4.69) is 15.6 Å². The van der Waals surface area contributed by atoms with Gasteiger partial charge in [-0.2, -0.15) is 0 Å². The summed E-state index contributed by atoms with van der Waals surface area (Å²) < 4.78 is 5.51. The number of carbonyl (C=O) groups is 2. The Labute approximate surface area is 191 Å². The van der Waals surface area contributed by atoms with Gasteiger partial charge in [-0.25, -0.2) is 4.98 Å². The largest absolute Gasteiger partial charge is 0.441 e. The molecule has 0 bridgehead atoms. The third kappa shape index (κ3) is 6.09. The van der Waals surface area contributed by atoms with Gasteiger partial charge in [-0.1, -0.05) is 37.0 Å². The number of carbonyl (C=O) groups excluding carboxylic acids is 2. The van der Waals surface area contributed by atoms with E-state index in [0.717, 1.165) is 5.56 Å². The van der Waals surface area contributed by atoms with Crippen LogP contribution in [0.25, 0.3) is 11.3 Å². The van der Waals surface area contributed by atoms with Crippen LogP contribution in [-0.2, 0) is 4.79 Å². The summed E-state index contributed by atoms with van der Waals surface area (Å²) in [4.78, 5) is 29.7. The molecule has 1 atom stereocenters. The van der Waals surface area contributed by atoms with Gasteiger partial charge < -0.3 is 15.1 Å². The maximum absolute atomic E-state index is 12.9. The number of rotatable bonds is 7. The average Bonchev–Trinajstić information content (AvgIpc) is 3.14. The smallest absolute Gasteiger partial charge is 0.253 e. The molecule has 1 aromatic heterocycles. The van der Waals surface area contributed by atoms with E-state index in [-0.39, 0.29) is 22.4 Å². The van der Waals surface area contributed by atoms with E-state index < -0.39 is 11.9 Å². The molecule has 2 amide bonds. The van der Waals surface area contributed by atoms with Gasteiger partial charge >= 0.3 is 0 Å². The van der Waals surface area contributed by atoms with Gasteiger partial charge in [0.15, 0.2) is 11.7 Å². The first kappa shape index (κ1) is 22.8. The molecule has 2 aromatic carbocycles. The quantitative estimate of drug-likeness (QED) is 0.471. The Hall–Kier alpha value is -2.83. The van der Waals surface area contributed by atoms with Crippen molar-refractivity contribution in [1.29, 1.82) is 0 Å². The first-order chi connectivity index (χ1) is 14.7. The Balaban J connectivity index is 1.71. The zero-order valence-corrected chi connectivity index (χ0v) is 18.9. The van der Waals surface area contributed by atoms with Crippen molar-refractivity contribution < 1.29 is 14.0 Å². The van der Waals surface area contributed by atoms with Crippen LogP contribution in [0.4, 0.5) is 5.69 Å². The van der Waals surface area contributed by atoms with Crippen LogP contribution >= 0.6 is 23.2 Å².